The number of halogens is 2. The molecule has 2 aliphatic rings. The molecule has 1 heterocycles. The van der Waals surface area contributed by atoms with Crippen LogP contribution in [-0.2, 0) is 9.59 Å². The fourth-order valence-electron chi connectivity index (χ4n) is 3.43. The van der Waals surface area contributed by atoms with E-state index < -0.39 is 23.5 Å². The minimum Gasteiger partial charge on any atom is -0.323 e. The minimum absolute atomic E-state index is 0.322. The van der Waals surface area contributed by atoms with Gasteiger partial charge in [0.05, 0.1) is 10.7 Å². The Morgan fingerprint density at radius 1 is 1.24 bits per heavy atom. The first-order valence-electron chi connectivity index (χ1n) is 8.26. The summed E-state index contributed by atoms with van der Waals surface area (Å²) in [5.41, 5.74) is -0.511. The number of rotatable bonds is 3. The van der Waals surface area contributed by atoms with Crippen molar-refractivity contribution in [2.45, 2.75) is 50.6 Å². The maximum Gasteiger partial charge on any atom is 0.325 e. The summed E-state index contributed by atoms with van der Waals surface area (Å²) in [7, 11) is 0. The third-order valence-corrected chi connectivity index (χ3v) is 5.42. The highest BCUT2D eigenvalue weighted by atomic mass is 35.5. The van der Waals surface area contributed by atoms with Crippen LogP contribution in [-0.4, -0.2) is 34.3 Å². The Labute approximate surface area is 155 Å². The standard InChI is InChI=1S/C17H19Cl2N3O3/c1-10(14(23)20-13-9-11(18)5-6-12(13)19)22-15(24)17(21-16(22)25)7-3-2-4-8-17/h5-6,9-10H,2-4,7-8H2,1H3,(H,20,23)(H,21,25). The van der Waals surface area contributed by atoms with E-state index in [4.69, 9.17) is 23.2 Å². The fourth-order valence-corrected chi connectivity index (χ4v) is 3.77. The van der Waals surface area contributed by atoms with Crippen molar-refractivity contribution < 1.29 is 14.4 Å². The molecule has 1 saturated heterocycles. The second-order valence-corrected chi connectivity index (χ2v) is 7.38. The zero-order valence-corrected chi connectivity index (χ0v) is 15.3. The molecule has 1 saturated carbocycles. The van der Waals surface area contributed by atoms with Crippen LogP contribution in [0.15, 0.2) is 18.2 Å². The first-order valence-corrected chi connectivity index (χ1v) is 9.01. The highest BCUT2D eigenvalue weighted by Gasteiger charge is 2.53. The SMILES string of the molecule is CC(C(=O)Nc1cc(Cl)ccc1Cl)N1C(=O)NC2(CCCCC2)C1=O. The lowest BCUT2D eigenvalue weighted by molar-refractivity contribution is -0.137. The molecule has 4 amide bonds. The van der Waals surface area contributed by atoms with E-state index in [0.717, 1.165) is 24.2 Å². The molecule has 2 fully saturated rings. The summed E-state index contributed by atoms with van der Waals surface area (Å²) in [5, 5.41) is 6.18. The van der Waals surface area contributed by atoms with Gasteiger partial charge in [0.2, 0.25) is 5.91 Å². The number of anilines is 1. The average Bonchev–Trinajstić information content (AvgIpc) is 2.81. The van der Waals surface area contributed by atoms with Crippen molar-refractivity contribution in [1.29, 1.82) is 0 Å². The number of carbonyl (C=O) groups is 3. The Morgan fingerprint density at radius 2 is 1.92 bits per heavy atom. The molecule has 2 N–H and O–H groups in total. The number of nitrogens with one attached hydrogen (secondary N) is 2. The molecule has 1 unspecified atom stereocenters. The molecule has 1 aromatic rings. The predicted octanol–water partition coefficient (Wildman–Crippen LogP) is 3.58. The number of carbonyl (C=O) groups excluding carboxylic acids is 3. The normalized spacial score (nSPS) is 20.5. The molecule has 8 heteroatoms. The minimum atomic E-state index is -0.955. The van der Waals surface area contributed by atoms with Crippen LogP contribution in [0.2, 0.25) is 10.0 Å². The van der Waals surface area contributed by atoms with Crippen molar-refractivity contribution in [2.24, 2.45) is 0 Å². The molecule has 1 aliphatic carbocycles. The van der Waals surface area contributed by atoms with Gasteiger partial charge < -0.3 is 10.6 Å². The molecule has 0 aromatic heterocycles. The van der Waals surface area contributed by atoms with Gasteiger partial charge in [-0.2, -0.15) is 0 Å². The molecule has 1 aliphatic heterocycles. The number of urea groups is 1. The van der Waals surface area contributed by atoms with Crippen molar-refractivity contribution in [2.75, 3.05) is 5.32 Å². The third kappa shape index (κ3) is 3.33. The van der Waals surface area contributed by atoms with Gasteiger partial charge in [-0.15, -0.1) is 0 Å². The average molecular weight is 384 g/mol. The summed E-state index contributed by atoms with van der Waals surface area (Å²) in [5.74, 6) is -0.822. The Balaban J connectivity index is 1.76. The predicted molar refractivity (Wildman–Crippen MR) is 95.7 cm³/mol. The molecule has 25 heavy (non-hydrogen) atoms. The second-order valence-electron chi connectivity index (χ2n) is 6.54. The molecule has 134 valence electrons. The zero-order chi connectivity index (χ0) is 18.2. The zero-order valence-electron chi connectivity index (χ0n) is 13.8. The van der Waals surface area contributed by atoms with E-state index in [1.165, 1.54) is 13.0 Å². The Hall–Kier alpha value is -1.79. The quantitative estimate of drug-likeness (QED) is 0.782. The first kappa shape index (κ1) is 18.0. The summed E-state index contributed by atoms with van der Waals surface area (Å²) >= 11 is 12.0. The van der Waals surface area contributed by atoms with E-state index in [1.807, 2.05) is 0 Å². The van der Waals surface area contributed by atoms with E-state index in [2.05, 4.69) is 10.6 Å². The molecule has 1 atom stereocenters. The monoisotopic (exact) mass is 383 g/mol. The lowest BCUT2D eigenvalue weighted by atomic mass is 9.81. The number of amides is 4. The topological polar surface area (TPSA) is 78.5 Å². The largest absolute Gasteiger partial charge is 0.325 e. The Bertz CT molecular complexity index is 732. The van der Waals surface area contributed by atoms with Gasteiger partial charge in [-0.3, -0.25) is 9.59 Å². The van der Waals surface area contributed by atoms with E-state index in [-0.39, 0.29) is 5.91 Å². The van der Waals surface area contributed by atoms with Crippen LogP contribution >= 0.6 is 23.2 Å². The number of hydrogen-bond acceptors (Lipinski definition) is 3. The maximum absolute atomic E-state index is 12.8. The van der Waals surface area contributed by atoms with E-state index in [1.54, 1.807) is 12.1 Å². The van der Waals surface area contributed by atoms with Crippen LogP contribution in [0.4, 0.5) is 10.5 Å². The van der Waals surface area contributed by atoms with Crippen LogP contribution in [0.1, 0.15) is 39.0 Å². The summed E-state index contributed by atoms with van der Waals surface area (Å²) in [4.78, 5) is 38.7. The lowest BCUT2D eigenvalue weighted by Crippen LogP contribution is -2.50. The molecule has 1 spiro atoms. The Kier molecular flexibility index (Phi) is 4.93. The lowest BCUT2D eigenvalue weighted by Gasteiger charge is -2.31. The van der Waals surface area contributed by atoms with E-state index >= 15 is 0 Å². The van der Waals surface area contributed by atoms with Crippen molar-refractivity contribution in [1.82, 2.24) is 10.2 Å². The number of nitrogens with zero attached hydrogens (tertiary/aromatic N) is 1. The van der Waals surface area contributed by atoms with Gasteiger partial charge in [-0.1, -0.05) is 42.5 Å². The van der Waals surface area contributed by atoms with Crippen molar-refractivity contribution in [3.05, 3.63) is 28.2 Å². The highest BCUT2D eigenvalue weighted by molar-refractivity contribution is 6.35. The summed E-state index contributed by atoms with van der Waals surface area (Å²) < 4.78 is 0. The molecule has 0 bridgehead atoms. The van der Waals surface area contributed by atoms with Gasteiger partial charge in [-0.25, -0.2) is 9.69 Å². The smallest absolute Gasteiger partial charge is 0.323 e. The highest BCUT2D eigenvalue weighted by Crippen LogP contribution is 2.34. The van der Waals surface area contributed by atoms with Crippen LogP contribution in [0.3, 0.4) is 0 Å². The van der Waals surface area contributed by atoms with Crippen molar-refractivity contribution >= 4 is 46.7 Å². The van der Waals surface area contributed by atoms with Gasteiger partial charge in [0.15, 0.2) is 0 Å². The Morgan fingerprint density at radius 3 is 2.60 bits per heavy atom. The fraction of sp³-hybridized carbons (Fsp3) is 0.471. The third-order valence-electron chi connectivity index (χ3n) is 4.85. The van der Waals surface area contributed by atoms with Gasteiger partial charge >= 0.3 is 6.03 Å². The van der Waals surface area contributed by atoms with Gasteiger partial charge in [0, 0.05) is 5.02 Å². The molecule has 1 aromatic carbocycles. The maximum atomic E-state index is 12.8. The van der Waals surface area contributed by atoms with Crippen LogP contribution in [0, 0.1) is 0 Å². The second kappa shape index (κ2) is 6.84. The number of hydrogen-bond donors (Lipinski definition) is 2. The van der Waals surface area contributed by atoms with Gasteiger partial charge in [0.1, 0.15) is 11.6 Å². The number of benzene rings is 1. The number of imide groups is 1. The van der Waals surface area contributed by atoms with Crippen molar-refractivity contribution in [3.63, 3.8) is 0 Å². The van der Waals surface area contributed by atoms with E-state index in [9.17, 15) is 14.4 Å². The van der Waals surface area contributed by atoms with Gasteiger partial charge in [0.25, 0.3) is 5.91 Å². The van der Waals surface area contributed by atoms with Crippen molar-refractivity contribution in [3.8, 4) is 0 Å². The molecule has 0 radical (unpaired) electrons. The van der Waals surface area contributed by atoms with E-state index in [0.29, 0.717) is 28.6 Å². The molecular formula is C17H19Cl2N3O3. The molecular weight excluding hydrogens is 365 g/mol. The molecule has 6 nitrogen and oxygen atoms in total. The van der Waals surface area contributed by atoms with Crippen LogP contribution in [0.25, 0.3) is 0 Å². The van der Waals surface area contributed by atoms with Gasteiger partial charge in [-0.05, 0) is 38.0 Å². The molecule has 3 rings (SSSR count). The van der Waals surface area contributed by atoms with Crippen LogP contribution < -0.4 is 10.6 Å². The summed E-state index contributed by atoms with van der Waals surface area (Å²) in [6, 6.07) is 3.21. The van der Waals surface area contributed by atoms with Crippen LogP contribution in [0.5, 0.6) is 0 Å². The summed E-state index contributed by atoms with van der Waals surface area (Å²) in [6.45, 7) is 1.52. The summed E-state index contributed by atoms with van der Waals surface area (Å²) in [6.07, 6.45) is 4.05. The first-order chi connectivity index (χ1) is 11.8.